The molecule has 0 aliphatic carbocycles. The summed E-state index contributed by atoms with van der Waals surface area (Å²) in [7, 11) is 0. The predicted molar refractivity (Wildman–Crippen MR) is 41.3 cm³/mol. The van der Waals surface area contributed by atoms with Crippen LogP contribution in [-0.4, -0.2) is 12.5 Å². The highest BCUT2D eigenvalue weighted by molar-refractivity contribution is 5.63. The molecular formula is C9H6F4O. The van der Waals surface area contributed by atoms with E-state index in [4.69, 9.17) is 0 Å². The summed E-state index contributed by atoms with van der Waals surface area (Å²) in [4.78, 5) is 10.2. The van der Waals surface area contributed by atoms with Gasteiger partial charge in [0.25, 0.3) is 0 Å². The summed E-state index contributed by atoms with van der Waals surface area (Å²) in [5.41, 5.74) is -0.382. The number of carbonyl (C=O) groups is 1. The average Bonchev–Trinajstić information content (AvgIpc) is 2.02. The average molecular weight is 206 g/mol. The normalized spacial score (nSPS) is 13.7. The zero-order valence-corrected chi connectivity index (χ0v) is 6.88. The minimum Gasteiger partial charge on any atom is -0.302 e. The summed E-state index contributed by atoms with van der Waals surface area (Å²) in [5.74, 6) is -3.04. The number of aldehydes is 1. The third kappa shape index (κ3) is 2.31. The standard InChI is InChI=1S/C9H6F4O/c10-7-3-1-2-6(4-7)8(5-14)9(11,12)13/h1-5,8H/t8-/m0/s1. The molecule has 1 atom stereocenters. The predicted octanol–water partition coefficient (Wildman–Crippen LogP) is 2.67. The van der Waals surface area contributed by atoms with Gasteiger partial charge in [-0.3, -0.25) is 0 Å². The van der Waals surface area contributed by atoms with E-state index in [-0.39, 0.29) is 11.8 Å². The van der Waals surface area contributed by atoms with Gasteiger partial charge in [0.15, 0.2) is 0 Å². The minimum absolute atomic E-state index is 0.241. The molecule has 14 heavy (non-hydrogen) atoms. The zero-order chi connectivity index (χ0) is 10.8. The summed E-state index contributed by atoms with van der Waals surface area (Å²) >= 11 is 0. The lowest BCUT2D eigenvalue weighted by Gasteiger charge is -2.14. The molecule has 0 aromatic heterocycles. The van der Waals surface area contributed by atoms with E-state index < -0.39 is 17.9 Å². The van der Waals surface area contributed by atoms with Crippen LogP contribution in [0.1, 0.15) is 11.5 Å². The Kier molecular flexibility index (Phi) is 2.88. The Morgan fingerprint density at radius 2 is 1.93 bits per heavy atom. The third-order valence-corrected chi connectivity index (χ3v) is 1.70. The first kappa shape index (κ1) is 10.7. The molecule has 0 aliphatic rings. The molecule has 0 unspecified atom stereocenters. The Labute approximate surface area is 77.3 Å². The molecule has 1 aromatic rings. The highest BCUT2D eigenvalue weighted by atomic mass is 19.4. The second-order valence-corrected chi connectivity index (χ2v) is 2.71. The van der Waals surface area contributed by atoms with Crippen molar-refractivity contribution >= 4 is 6.29 Å². The molecule has 0 amide bonds. The molecule has 0 heterocycles. The van der Waals surface area contributed by atoms with Gasteiger partial charge in [0.2, 0.25) is 0 Å². The van der Waals surface area contributed by atoms with Crippen LogP contribution < -0.4 is 0 Å². The molecule has 0 N–H and O–H groups in total. The number of hydrogen-bond acceptors (Lipinski definition) is 1. The maximum Gasteiger partial charge on any atom is 0.402 e. The van der Waals surface area contributed by atoms with Crippen molar-refractivity contribution in [1.82, 2.24) is 0 Å². The minimum atomic E-state index is -4.67. The van der Waals surface area contributed by atoms with Gasteiger partial charge in [0.1, 0.15) is 18.0 Å². The van der Waals surface area contributed by atoms with E-state index in [0.717, 1.165) is 18.2 Å². The van der Waals surface area contributed by atoms with Crippen LogP contribution in [0.5, 0.6) is 0 Å². The van der Waals surface area contributed by atoms with Crippen molar-refractivity contribution in [3.05, 3.63) is 35.6 Å². The lowest BCUT2D eigenvalue weighted by atomic mass is 10.0. The van der Waals surface area contributed by atoms with Crippen molar-refractivity contribution in [2.24, 2.45) is 0 Å². The Morgan fingerprint density at radius 3 is 2.36 bits per heavy atom. The molecule has 0 spiro atoms. The highest BCUT2D eigenvalue weighted by Crippen LogP contribution is 2.33. The van der Waals surface area contributed by atoms with E-state index in [9.17, 15) is 22.4 Å². The van der Waals surface area contributed by atoms with Gasteiger partial charge in [0.05, 0.1) is 0 Å². The summed E-state index contributed by atoms with van der Waals surface area (Å²) in [6, 6.07) is 3.91. The zero-order valence-electron chi connectivity index (χ0n) is 6.88. The molecule has 76 valence electrons. The van der Waals surface area contributed by atoms with Crippen LogP contribution in [0.15, 0.2) is 24.3 Å². The van der Waals surface area contributed by atoms with Crippen LogP contribution in [0.25, 0.3) is 0 Å². The van der Waals surface area contributed by atoms with E-state index in [1.165, 1.54) is 0 Å². The molecule has 0 fully saturated rings. The third-order valence-electron chi connectivity index (χ3n) is 1.70. The van der Waals surface area contributed by atoms with Gasteiger partial charge < -0.3 is 4.79 Å². The van der Waals surface area contributed by atoms with Crippen molar-refractivity contribution in [2.75, 3.05) is 0 Å². The van der Waals surface area contributed by atoms with Crippen molar-refractivity contribution in [3.63, 3.8) is 0 Å². The highest BCUT2D eigenvalue weighted by Gasteiger charge is 2.40. The first-order valence-electron chi connectivity index (χ1n) is 3.72. The fourth-order valence-electron chi connectivity index (χ4n) is 1.04. The molecule has 0 aliphatic heterocycles. The summed E-state index contributed by atoms with van der Waals surface area (Å²) < 4.78 is 49.1. The number of alkyl halides is 3. The van der Waals surface area contributed by atoms with E-state index >= 15 is 0 Å². The molecule has 1 rings (SSSR count). The van der Waals surface area contributed by atoms with Gasteiger partial charge in [0, 0.05) is 0 Å². The van der Waals surface area contributed by atoms with Crippen molar-refractivity contribution in [3.8, 4) is 0 Å². The quantitative estimate of drug-likeness (QED) is 0.537. The molecule has 0 saturated heterocycles. The van der Waals surface area contributed by atoms with E-state index in [2.05, 4.69) is 0 Å². The SMILES string of the molecule is O=C[C@@H](c1cccc(F)c1)C(F)(F)F. The fraction of sp³-hybridized carbons (Fsp3) is 0.222. The topological polar surface area (TPSA) is 17.1 Å². The Morgan fingerprint density at radius 1 is 1.29 bits per heavy atom. The number of rotatable bonds is 2. The van der Waals surface area contributed by atoms with Gasteiger partial charge >= 0.3 is 6.18 Å². The van der Waals surface area contributed by atoms with Crippen LogP contribution in [0.3, 0.4) is 0 Å². The van der Waals surface area contributed by atoms with Crippen LogP contribution in [0.2, 0.25) is 0 Å². The van der Waals surface area contributed by atoms with E-state index in [0.29, 0.717) is 6.07 Å². The molecule has 0 bridgehead atoms. The lowest BCUT2D eigenvalue weighted by molar-refractivity contribution is -0.155. The summed E-state index contributed by atoms with van der Waals surface area (Å²) in [6.07, 6.45) is -4.91. The van der Waals surface area contributed by atoms with Gasteiger partial charge in [-0.15, -0.1) is 0 Å². The Balaban J connectivity index is 3.07. The number of benzene rings is 1. The van der Waals surface area contributed by atoms with Crippen LogP contribution in [0, 0.1) is 5.82 Å². The monoisotopic (exact) mass is 206 g/mol. The maximum atomic E-state index is 12.6. The van der Waals surface area contributed by atoms with Crippen molar-refractivity contribution in [1.29, 1.82) is 0 Å². The summed E-state index contributed by atoms with van der Waals surface area (Å²) in [5, 5.41) is 0. The molecule has 0 radical (unpaired) electrons. The molecular weight excluding hydrogens is 200 g/mol. The number of carbonyl (C=O) groups excluding carboxylic acids is 1. The number of halogens is 4. The summed E-state index contributed by atoms with van der Waals surface area (Å²) in [6.45, 7) is 0. The first-order valence-corrected chi connectivity index (χ1v) is 3.72. The second-order valence-electron chi connectivity index (χ2n) is 2.71. The maximum absolute atomic E-state index is 12.6. The van der Waals surface area contributed by atoms with Crippen molar-refractivity contribution < 1.29 is 22.4 Å². The smallest absolute Gasteiger partial charge is 0.302 e. The molecule has 0 saturated carbocycles. The van der Waals surface area contributed by atoms with Gasteiger partial charge in [-0.25, -0.2) is 4.39 Å². The van der Waals surface area contributed by atoms with Gasteiger partial charge in [-0.2, -0.15) is 13.2 Å². The van der Waals surface area contributed by atoms with Crippen LogP contribution >= 0.6 is 0 Å². The van der Waals surface area contributed by atoms with E-state index in [1.807, 2.05) is 0 Å². The largest absolute Gasteiger partial charge is 0.402 e. The molecule has 1 nitrogen and oxygen atoms in total. The van der Waals surface area contributed by atoms with Crippen molar-refractivity contribution in [2.45, 2.75) is 12.1 Å². The lowest BCUT2D eigenvalue weighted by Crippen LogP contribution is -2.22. The van der Waals surface area contributed by atoms with Gasteiger partial charge in [-0.1, -0.05) is 12.1 Å². The fourth-order valence-corrected chi connectivity index (χ4v) is 1.04. The molecule has 1 aromatic carbocycles. The second kappa shape index (κ2) is 3.77. The number of hydrogen-bond donors (Lipinski definition) is 0. The first-order chi connectivity index (χ1) is 6.45. The van der Waals surface area contributed by atoms with E-state index in [1.54, 1.807) is 0 Å². The van der Waals surface area contributed by atoms with Crippen LogP contribution in [0.4, 0.5) is 17.6 Å². The van der Waals surface area contributed by atoms with Crippen LogP contribution in [-0.2, 0) is 4.79 Å². The van der Waals surface area contributed by atoms with Gasteiger partial charge in [-0.05, 0) is 17.7 Å². The Hall–Kier alpha value is -1.39. The Bertz CT molecular complexity index is 332. The molecule has 5 heteroatoms.